The molecule has 1 atom stereocenters. The highest BCUT2D eigenvalue weighted by Gasteiger charge is 2.27. The number of aromatic nitrogens is 2. The predicted octanol–water partition coefficient (Wildman–Crippen LogP) is 3.98. The van der Waals surface area contributed by atoms with E-state index in [0.29, 0.717) is 17.0 Å². The van der Waals surface area contributed by atoms with Crippen LogP contribution in [0.5, 0.6) is 0 Å². The molecule has 160 valence electrons. The van der Waals surface area contributed by atoms with E-state index in [2.05, 4.69) is 25.8 Å². The molecule has 1 aromatic heterocycles. The molecule has 5 rings (SSSR count). The lowest BCUT2D eigenvalue weighted by Crippen LogP contribution is -2.32. The van der Waals surface area contributed by atoms with Crippen molar-refractivity contribution in [1.29, 1.82) is 5.26 Å². The summed E-state index contributed by atoms with van der Waals surface area (Å²) in [5.41, 5.74) is 3.09. The number of hydrogen-bond donors (Lipinski definition) is 2. The number of carbonyl (C=O) groups excluding carboxylic acids is 1. The van der Waals surface area contributed by atoms with E-state index in [-0.39, 0.29) is 17.5 Å². The van der Waals surface area contributed by atoms with Crippen LogP contribution in [0.15, 0.2) is 82.2 Å². The molecule has 0 fully saturated rings. The second-order valence-electron chi connectivity index (χ2n) is 7.14. The van der Waals surface area contributed by atoms with Crippen molar-refractivity contribution in [3.63, 3.8) is 0 Å². The van der Waals surface area contributed by atoms with Crippen LogP contribution in [0.4, 0.5) is 16.1 Å². The molecule has 0 radical (unpaired) electrons. The Bertz CT molecular complexity index is 1420. The normalized spacial score (nSPS) is 15.0. The fourth-order valence-electron chi connectivity index (χ4n) is 3.43. The van der Waals surface area contributed by atoms with Gasteiger partial charge >= 0.3 is 6.01 Å². The van der Waals surface area contributed by atoms with Gasteiger partial charge in [0.2, 0.25) is 12.1 Å². The topological polar surface area (TPSA) is 116 Å². The molecule has 0 spiro atoms. The van der Waals surface area contributed by atoms with Crippen LogP contribution in [-0.2, 0) is 4.79 Å². The summed E-state index contributed by atoms with van der Waals surface area (Å²) < 4.78 is 19.5. The van der Waals surface area contributed by atoms with E-state index in [4.69, 9.17) is 9.68 Å². The molecular weight excluding hydrogens is 423 g/mol. The fraction of sp³-hybridized carbons (Fsp3) is 0.0417. The average molecular weight is 438 g/mol. The Morgan fingerprint density at radius 1 is 1.00 bits per heavy atom. The Morgan fingerprint density at radius 2 is 1.79 bits per heavy atom. The summed E-state index contributed by atoms with van der Waals surface area (Å²) in [5.74, 6) is -1.07. The Hall–Kier alpha value is -4.84. The number of para-hydroxylation sites is 1. The smallest absolute Gasteiger partial charge is 0.317 e. The van der Waals surface area contributed by atoms with E-state index in [1.807, 2.05) is 48.5 Å². The lowest BCUT2D eigenvalue weighted by atomic mass is 10.0. The molecule has 0 saturated carbocycles. The average Bonchev–Trinajstić information content (AvgIpc) is 3.26. The Balaban J connectivity index is 1.48. The molecule has 4 aromatic rings. The summed E-state index contributed by atoms with van der Waals surface area (Å²) in [6, 6.07) is 22.6. The summed E-state index contributed by atoms with van der Waals surface area (Å²) in [6.45, 7) is 0. The van der Waals surface area contributed by atoms with Crippen molar-refractivity contribution in [3.05, 3.63) is 95.3 Å². The van der Waals surface area contributed by atoms with Crippen molar-refractivity contribution >= 4 is 23.3 Å². The van der Waals surface area contributed by atoms with Crippen molar-refractivity contribution in [1.82, 2.24) is 10.2 Å². The minimum atomic E-state index is -1.06. The predicted molar refractivity (Wildman–Crippen MR) is 119 cm³/mol. The van der Waals surface area contributed by atoms with Gasteiger partial charge in [-0.05, 0) is 24.3 Å². The summed E-state index contributed by atoms with van der Waals surface area (Å²) >= 11 is 0. The maximum absolute atomic E-state index is 13.9. The second kappa shape index (κ2) is 8.36. The van der Waals surface area contributed by atoms with Gasteiger partial charge in [0, 0.05) is 16.7 Å². The third-order valence-electron chi connectivity index (χ3n) is 5.02. The minimum absolute atomic E-state index is 0.0328. The largest absolute Gasteiger partial charge is 0.403 e. The minimum Gasteiger partial charge on any atom is -0.403 e. The highest BCUT2D eigenvalue weighted by molar-refractivity contribution is 6.19. The number of anilines is 2. The van der Waals surface area contributed by atoms with E-state index in [1.165, 1.54) is 12.1 Å². The van der Waals surface area contributed by atoms with Crippen LogP contribution in [0.25, 0.3) is 11.5 Å². The zero-order valence-electron chi connectivity index (χ0n) is 17.0. The molecule has 1 aliphatic rings. The number of rotatable bonds is 4. The molecular formula is C24H15FN6O2. The van der Waals surface area contributed by atoms with Gasteiger partial charge in [-0.2, -0.15) is 5.26 Å². The van der Waals surface area contributed by atoms with E-state index >= 15 is 0 Å². The van der Waals surface area contributed by atoms with Gasteiger partial charge in [0.1, 0.15) is 11.9 Å². The van der Waals surface area contributed by atoms with Crippen molar-refractivity contribution in [2.24, 2.45) is 4.99 Å². The summed E-state index contributed by atoms with van der Waals surface area (Å²) in [4.78, 5) is 17.6. The third-order valence-corrected chi connectivity index (χ3v) is 5.02. The molecule has 8 nitrogen and oxygen atoms in total. The van der Waals surface area contributed by atoms with Gasteiger partial charge in [0.15, 0.2) is 0 Å². The van der Waals surface area contributed by atoms with Crippen molar-refractivity contribution in [2.75, 3.05) is 10.6 Å². The number of aliphatic imine (C=N–C) groups is 1. The Morgan fingerprint density at radius 3 is 2.58 bits per heavy atom. The number of nitrogens with zero attached hydrogens (tertiary/aromatic N) is 4. The summed E-state index contributed by atoms with van der Waals surface area (Å²) in [7, 11) is 0. The molecule has 3 aromatic carbocycles. The van der Waals surface area contributed by atoms with Crippen molar-refractivity contribution in [2.45, 2.75) is 6.17 Å². The first-order chi connectivity index (χ1) is 16.1. The quantitative estimate of drug-likeness (QED) is 0.498. The number of amides is 1. The van der Waals surface area contributed by atoms with Gasteiger partial charge in [-0.1, -0.05) is 53.6 Å². The number of benzodiazepines with no additional fused rings is 1. The summed E-state index contributed by atoms with van der Waals surface area (Å²) in [6.07, 6.45) is -1.06. The molecule has 9 heteroatoms. The Kier molecular flexibility index (Phi) is 5.09. The number of hydrogen-bond acceptors (Lipinski definition) is 7. The number of nitrogens with one attached hydrogen (secondary N) is 2. The second-order valence-corrected chi connectivity index (χ2v) is 7.14. The first-order valence-electron chi connectivity index (χ1n) is 9.96. The van der Waals surface area contributed by atoms with Crippen LogP contribution < -0.4 is 10.6 Å². The van der Waals surface area contributed by atoms with Crippen LogP contribution in [0.3, 0.4) is 0 Å². The van der Waals surface area contributed by atoms with Gasteiger partial charge in [-0.25, -0.2) is 9.38 Å². The molecule has 1 amide bonds. The molecule has 0 aliphatic carbocycles. The highest BCUT2D eigenvalue weighted by atomic mass is 19.1. The summed E-state index contributed by atoms with van der Waals surface area (Å²) in [5, 5.41) is 22.4. The van der Waals surface area contributed by atoms with Crippen LogP contribution in [0.2, 0.25) is 0 Å². The lowest BCUT2D eigenvalue weighted by molar-refractivity contribution is -0.116. The number of fused-ring (bicyclic) bond motifs is 1. The van der Waals surface area contributed by atoms with Crippen LogP contribution in [0.1, 0.15) is 16.7 Å². The third kappa shape index (κ3) is 3.93. The van der Waals surface area contributed by atoms with Crippen molar-refractivity contribution < 1.29 is 13.6 Å². The first-order valence-corrected chi connectivity index (χ1v) is 9.96. The lowest BCUT2D eigenvalue weighted by Gasteiger charge is -2.11. The molecule has 33 heavy (non-hydrogen) atoms. The van der Waals surface area contributed by atoms with E-state index in [0.717, 1.165) is 17.2 Å². The van der Waals surface area contributed by atoms with E-state index in [1.54, 1.807) is 12.1 Å². The molecule has 2 heterocycles. The molecule has 0 unspecified atom stereocenters. The Labute approximate surface area is 187 Å². The van der Waals surface area contributed by atoms with Gasteiger partial charge < -0.3 is 15.1 Å². The molecule has 1 aliphatic heterocycles. The standard InChI is InChI=1S/C24H15FN6O2/c25-18-12-15(10-11-16(18)13-26)23-30-31-24(33-23)29-21-22(32)27-19-9-5-4-8-17(19)20(28-21)14-6-2-1-3-7-14/h1-12,21H,(H,27,32)(H,29,31)/t21-/m1/s1. The molecule has 0 saturated heterocycles. The van der Waals surface area contributed by atoms with Crippen molar-refractivity contribution in [3.8, 4) is 17.5 Å². The number of carbonyl (C=O) groups is 1. The van der Waals surface area contributed by atoms with Gasteiger partial charge in [-0.15, -0.1) is 5.10 Å². The fourth-order valence-corrected chi connectivity index (χ4v) is 3.43. The SMILES string of the molecule is N#Cc1ccc(-c2nnc(N[C@H]3N=C(c4ccccc4)c4ccccc4NC3=O)o2)cc1F. The highest BCUT2D eigenvalue weighted by Crippen LogP contribution is 2.26. The van der Waals surface area contributed by atoms with Gasteiger partial charge in [-0.3, -0.25) is 4.79 Å². The van der Waals surface area contributed by atoms with Crippen LogP contribution in [0, 0.1) is 17.1 Å². The number of nitriles is 1. The first kappa shape index (κ1) is 20.1. The van der Waals surface area contributed by atoms with Gasteiger partial charge in [0.25, 0.3) is 5.91 Å². The van der Waals surface area contributed by atoms with Gasteiger partial charge in [0.05, 0.1) is 17.0 Å². The maximum Gasteiger partial charge on any atom is 0.317 e. The van der Waals surface area contributed by atoms with Crippen LogP contribution >= 0.6 is 0 Å². The molecule has 0 bridgehead atoms. The zero-order valence-corrected chi connectivity index (χ0v) is 17.0. The number of halogens is 1. The number of benzene rings is 3. The monoisotopic (exact) mass is 438 g/mol. The van der Waals surface area contributed by atoms with E-state index in [9.17, 15) is 9.18 Å². The maximum atomic E-state index is 13.9. The molecule has 2 N–H and O–H groups in total. The van der Waals surface area contributed by atoms with E-state index < -0.39 is 17.9 Å². The zero-order chi connectivity index (χ0) is 22.8. The van der Waals surface area contributed by atoms with Crippen LogP contribution in [-0.4, -0.2) is 28.0 Å².